The van der Waals surface area contributed by atoms with Crippen molar-refractivity contribution < 1.29 is 13.9 Å². The average molecular weight is 308 g/mol. The summed E-state index contributed by atoms with van der Waals surface area (Å²) in [6, 6.07) is 12.3. The van der Waals surface area contributed by atoms with E-state index in [1.54, 1.807) is 6.92 Å². The van der Waals surface area contributed by atoms with Crippen LogP contribution < -0.4 is 5.32 Å². The third-order valence-corrected chi connectivity index (χ3v) is 3.21. The smallest absolute Gasteiger partial charge is 0.333 e. The molecule has 0 aliphatic heterocycles. The molecule has 0 radical (unpaired) electrons. The number of carbonyl (C=O) groups is 1. The Balaban J connectivity index is 2.33. The summed E-state index contributed by atoms with van der Waals surface area (Å²) in [5, 5.41) is 3.24. The Labute approximate surface area is 127 Å². The van der Waals surface area contributed by atoms with E-state index in [1.165, 1.54) is 18.2 Å². The largest absolute Gasteiger partial charge is 0.464 e. The van der Waals surface area contributed by atoms with Crippen molar-refractivity contribution in [1.82, 2.24) is 0 Å². The molecule has 2 aromatic rings. The number of halogens is 2. The lowest BCUT2D eigenvalue weighted by atomic mass is 10.1. The third-order valence-electron chi connectivity index (χ3n) is 2.88. The molecule has 0 aromatic heterocycles. The minimum Gasteiger partial charge on any atom is -0.464 e. The van der Waals surface area contributed by atoms with Gasteiger partial charge in [-0.25, -0.2) is 9.18 Å². The summed E-state index contributed by atoms with van der Waals surface area (Å²) in [5.74, 6) is -0.916. The number of carbonyl (C=O) groups excluding carboxylic acids is 1. The van der Waals surface area contributed by atoms with Crippen LogP contribution in [0.4, 0.5) is 10.1 Å². The van der Waals surface area contributed by atoms with E-state index in [-0.39, 0.29) is 11.6 Å². The van der Waals surface area contributed by atoms with E-state index in [0.29, 0.717) is 5.56 Å². The summed E-state index contributed by atoms with van der Waals surface area (Å²) in [6.07, 6.45) is 0. The van der Waals surface area contributed by atoms with Gasteiger partial charge in [0.25, 0.3) is 0 Å². The highest BCUT2D eigenvalue weighted by Crippen LogP contribution is 2.28. The quantitative estimate of drug-likeness (QED) is 0.842. The maximum Gasteiger partial charge on any atom is 0.333 e. The Kier molecular flexibility index (Phi) is 5.17. The number of anilines is 1. The molecule has 21 heavy (non-hydrogen) atoms. The fourth-order valence-corrected chi connectivity index (χ4v) is 2.20. The molecule has 3 nitrogen and oxygen atoms in total. The Morgan fingerprint density at radius 3 is 2.62 bits per heavy atom. The number of hydrogen-bond donors (Lipinski definition) is 1. The highest BCUT2D eigenvalue weighted by molar-refractivity contribution is 6.31. The van der Waals surface area contributed by atoms with E-state index < -0.39 is 17.8 Å². The lowest BCUT2D eigenvalue weighted by Gasteiger charge is -2.20. The maximum atomic E-state index is 13.2. The van der Waals surface area contributed by atoms with Crippen molar-refractivity contribution >= 4 is 23.3 Å². The maximum absolute atomic E-state index is 13.2. The molecule has 0 aliphatic rings. The Morgan fingerprint density at radius 2 is 2.00 bits per heavy atom. The molecule has 0 bridgehead atoms. The molecule has 1 unspecified atom stereocenters. The average Bonchev–Trinajstić information content (AvgIpc) is 2.47. The molecule has 0 spiro atoms. The summed E-state index contributed by atoms with van der Waals surface area (Å²) < 4.78 is 18.2. The molecule has 110 valence electrons. The van der Waals surface area contributed by atoms with Gasteiger partial charge in [0.1, 0.15) is 5.82 Å². The van der Waals surface area contributed by atoms with Crippen LogP contribution in [-0.4, -0.2) is 12.6 Å². The predicted octanol–water partition coefficient (Wildman–Crippen LogP) is 4.20. The van der Waals surface area contributed by atoms with Crippen LogP contribution in [-0.2, 0) is 9.53 Å². The number of hydrogen-bond acceptors (Lipinski definition) is 3. The van der Waals surface area contributed by atoms with Crippen molar-refractivity contribution in [2.75, 3.05) is 11.9 Å². The molecule has 0 amide bonds. The minimum absolute atomic E-state index is 0.177. The predicted molar refractivity (Wildman–Crippen MR) is 80.8 cm³/mol. The summed E-state index contributed by atoms with van der Waals surface area (Å²) in [4.78, 5) is 12.1. The molecular weight excluding hydrogens is 293 g/mol. The Morgan fingerprint density at radius 1 is 1.29 bits per heavy atom. The first-order chi connectivity index (χ1) is 10.1. The van der Waals surface area contributed by atoms with Crippen LogP contribution in [0.1, 0.15) is 18.5 Å². The van der Waals surface area contributed by atoms with E-state index >= 15 is 0 Å². The van der Waals surface area contributed by atoms with E-state index in [1.807, 2.05) is 30.3 Å². The van der Waals surface area contributed by atoms with Crippen molar-refractivity contribution in [3.8, 4) is 0 Å². The highest BCUT2D eigenvalue weighted by Gasteiger charge is 2.24. The molecule has 0 saturated heterocycles. The van der Waals surface area contributed by atoms with Crippen LogP contribution in [0.3, 0.4) is 0 Å². The number of ether oxygens (including phenoxy) is 1. The molecule has 1 N–H and O–H groups in total. The Bertz CT molecular complexity index is 619. The van der Waals surface area contributed by atoms with E-state index in [0.717, 1.165) is 5.69 Å². The Hall–Kier alpha value is -2.07. The van der Waals surface area contributed by atoms with Crippen LogP contribution in [0.15, 0.2) is 48.5 Å². The summed E-state index contributed by atoms with van der Waals surface area (Å²) in [6.45, 7) is 1.98. The molecule has 0 heterocycles. The van der Waals surface area contributed by atoms with Gasteiger partial charge in [0.15, 0.2) is 6.04 Å². The molecule has 2 rings (SSSR count). The van der Waals surface area contributed by atoms with Gasteiger partial charge in [-0.05, 0) is 31.2 Å². The van der Waals surface area contributed by atoms with Crippen LogP contribution in [0.2, 0.25) is 5.02 Å². The molecule has 0 saturated carbocycles. The molecule has 5 heteroatoms. The van der Waals surface area contributed by atoms with E-state index in [9.17, 15) is 9.18 Å². The first kappa shape index (κ1) is 15.3. The zero-order valence-electron chi connectivity index (χ0n) is 11.5. The third kappa shape index (κ3) is 3.95. The van der Waals surface area contributed by atoms with Crippen LogP contribution >= 0.6 is 11.6 Å². The number of esters is 1. The molecular formula is C16H15ClFNO2. The lowest BCUT2D eigenvalue weighted by molar-refractivity contribution is -0.144. The van der Waals surface area contributed by atoms with Gasteiger partial charge >= 0.3 is 5.97 Å². The molecule has 0 fully saturated rings. The van der Waals surface area contributed by atoms with Crippen molar-refractivity contribution in [3.05, 3.63) is 64.9 Å². The summed E-state index contributed by atoms with van der Waals surface area (Å²) >= 11 is 6.05. The highest BCUT2D eigenvalue weighted by atomic mass is 35.5. The number of nitrogens with one attached hydrogen (secondary N) is 1. The van der Waals surface area contributed by atoms with E-state index in [4.69, 9.17) is 16.3 Å². The summed E-state index contributed by atoms with van der Waals surface area (Å²) in [5.41, 5.74) is 1.22. The van der Waals surface area contributed by atoms with Crippen molar-refractivity contribution in [1.29, 1.82) is 0 Å². The van der Waals surface area contributed by atoms with Gasteiger partial charge in [0.05, 0.1) is 6.61 Å². The number of benzene rings is 2. The monoisotopic (exact) mass is 307 g/mol. The molecule has 1 atom stereocenters. The SMILES string of the molecule is CCOC(=O)C(Nc1ccccc1)c1ccc(F)cc1Cl. The van der Waals surface area contributed by atoms with Crippen LogP contribution in [0.5, 0.6) is 0 Å². The molecule has 0 aliphatic carbocycles. The first-order valence-corrected chi connectivity index (χ1v) is 6.92. The second-order valence-corrected chi connectivity index (χ2v) is 4.77. The van der Waals surface area contributed by atoms with Gasteiger partial charge in [0.2, 0.25) is 0 Å². The van der Waals surface area contributed by atoms with Gasteiger partial charge < -0.3 is 10.1 Å². The van der Waals surface area contributed by atoms with Crippen molar-refractivity contribution in [2.45, 2.75) is 13.0 Å². The first-order valence-electron chi connectivity index (χ1n) is 6.55. The van der Waals surface area contributed by atoms with Crippen LogP contribution in [0, 0.1) is 5.82 Å². The second kappa shape index (κ2) is 7.09. The zero-order chi connectivity index (χ0) is 15.2. The minimum atomic E-state index is -0.791. The fraction of sp³-hybridized carbons (Fsp3) is 0.188. The van der Waals surface area contributed by atoms with Gasteiger partial charge in [-0.1, -0.05) is 35.9 Å². The topological polar surface area (TPSA) is 38.3 Å². The number of para-hydroxylation sites is 1. The standard InChI is InChI=1S/C16H15ClFNO2/c1-2-21-16(20)15(19-12-6-4-3-5-7-12)13-9-8-11(18)10-14(13)17/h3-10,15,19H,2H2,1H3. The lowest BCUT2D eigenvalue weighted by Crippen LogP contribution is -2.23. The fourth-order valence-electron chi connectivity index (χ4n) is 1.93. The van der Waals surface area contributed by atoms with Gasteiger partial charge in [-0.3, -0.25) is 0 Å². The van der Waals surface area contributed by atoms with Crippen molar-refractivity contribution in [2.24, 2.45) is 0 Å². The number of rotatable bonds is 5. The van der Waals surface area contributed by atoms with Gasteiger partial charge in [-0.15, -0.1) is 0 Å². The molecule has 2 aromatic carbocycles. The second-order valence-electron chi connectivity index (χ2n) is 4.36. The van der Waals surface area contributed by atoms with E-state index in [2.05, 4.69) is 5.32 Å². The summed E-state index contributed by atoms with van der Waals surface area (Å²) in [7, 11) is 0. The van der Waals surface area contributed by atoms with Crippen LogP contribution in [0.25, 0.3) is 0 Å². The van der Waals surface area contributed by atoms with Gasteiger partial charge in [-0.2, -0.15) is 0 Å². The van der Waals surface area contributed by atoms with Crippen molar-refractivity contribution in [3.63, 3.8) is 0 Å². The zero-order valence-corrected chi connectivity index (χ0v) is 12.2. The normalized spacial score (nSPS) is 11.8. The van der Waals surface area contributed by atoms with Gasteiger partial charge in [0, 0.05) is 16.3 Å².